The molecule has 2 aliphatic heterocycles. The zero-order valence-electron chi connectivity index (χ0n) is 10.8. The summed E-state index contributed by atoms with van der Waals surface area (Å²) in [5, 5.41) is 3.44. The highest BCUT2D eigenvalue weighted by Crippen LogP contribution is 2.37. The summed E-state index contributed by atoms with van der Waals surface area (Å²) in [5.74, 6) is 0. The lowest BCUT2D eigenvalue weighted by atomic mass is 9.95. The maximum Gasteiger partial charge on any atom is 0.446 e. The minimum atomic E-state index is -4.22. The highest BCUT2D eigenvalue weighted by Gasteiger charge is 2.40. The van der Waals surface area contributed by atoms with Crippen LogP contribution in [0.3, 0.4) is 0 Å². The van der Waals surface area contributed by atoms with Crippen molar-refractivity contribution in [2.45, 2.75) is 54.5 Å². The molecule has 110 valence electrons. The van der Waals surface area contributed by atoms with Crippen molar-refractivity contribution in [1.29, 1.82) is 0 Å². The number of nitrogens with one attached hydrogen (secondary N) is 1. The number of halogens is 3. The number of thioether (sulfide) groups is 1. The third kappa shape index (κ3) is 3.48. The van der Waals surface area contributed by atoms with E-state index in [1.54, 1.807) is 12.1 Å². The summed E-state index contributed by atoms with van der Waals surface area (Å²) < 4.78 is 42.4. The highest BCUT2D eigenvalue weighted by molar-refractivity contribution is 8.00. The van der Waals surface area contributed by atoms with Crippen molar-refractivity contribution < 1.29 is 17.9 Å². The summed E-state index contributed by atoms with van der Waals surface area (Å²) in [6.45, 7) is 0.675. The third-order valence-electron chi connectivity index (χ3n) is 3.83. The fraction of sp³-hybridized carbons (Fsp3) is 0.571. The van der Waals surface area contributed by atoms with Gasteiger partial charge in [0.05, 0.1) is 12.2 Å². The molecule has 3 unspecified atom stereocenters. The van der Waals surface area contributed by atoms with Gasteiger partial charge >= 0.3 is 5.51 Å². The SMILES string of the molecule is FC(F)(F)Sc1ccc(CNC2CC3CCC2O3)cc1. The first-order chi connectivity index (χ1) is 9.49. The van der Waals surface area contributed by atoms with Crippen LogP contribution < -0.4 is 5.32 Å². The zero-order valence-corrected chi connectivity index (χ0v) is 11.6. The number of hydrogen-bond donors (Lipinski definition) is 1. The van der Waals surface area contributed by atoms with Gasteiger partial charge in [-0.05, 0) is 48.7 Å². The topological polar surface area (TPSA) is 21.3 Å². The Balaban J connectivity index is 1.51. The van der Waals surface area contributed by atoms with E-state index < -0.39 is 5.51 Å². The van der Waals surface area contributed by atoms with Gasteiger partial charge in [0, 0.05) is 17.5 Å². The summed E-state index contributed by atoms with van der Waals surface area (Å²) in [6, 6.07) is 6.92. The summed E-state index contributed by atoms with van der Waals surface area (Å²) in [5.41, 5.74) is -3.22. The minimum absolute atomic E-state index is 0.0778. The van der Waals surface area contributed by atoms with Gasteiger partial charge in [0.1, 0.15) is 0 Å². The maximum atomic E-state index is 12.2. The Labute approximate surface area is 120 Å². The molecule has 6 heteroatoms. The predicted octanol–water partition coefficient (Wildman–Crippen LogP) is 3.71. The van der Waals surface area contributed by atoms with Crippen LogP contribution in [0.1, 0.15) is 24.8 Å². The lowest BCUT2D eigenvalue weighted by molar-refractivity contribution is -0.0328. The lowest BCUT2D eigenvalue weighted by Gasteiger charge is -2.20. The zero-order chi connectivity index (χ0) is 14.2. The fourth-order valence-corrected chi connectivity index (χ4v) is 3.45. The smallest absolute Gasteiger partial charge is 0.373 e. The Kier molecular flexibility index (Phi) is 3.97. The second-order valence-electron chi connectivity index (χ2n) is 5.29. The normalized spacial score (nSPS) is 29.1. The Morgan fingerprint density at radius 1 is 1.20 bits per heavy atom. The van der Waals surface area contributed by atoms with Gasteiger partial charge in [-0.3, -0.25) is 0 Å². The van der Waals surface area contributed by atoms with Crippen LogP contribution in [0.15, 0.2) is 29.2 Å². The first-order valence-corrected chi connectivity index (χ1v) is 7.55. The van der Waals surface area contributed by atoms with Crippen LogP contribution in [0.4, 0.5) is 13.2 Å². The number of ether oxygens (including phenoxy) is 1. The molecule has 0 aliphatic carbocycles. The number of hydrogen-bond acceptors (Lipinski definition) is 3. The molecule has 3 atom stereocenters. The monoisotopic (exact) mass is 303 g/mol. The molecule has 3 rings (SSSR count). The van der Waals surface area contributed by atoms with E-state index in [0.29, 0.717) is 24.8 Å². The molecule has 0 spiro atoms. The average Bonchev–Trinajstić information content (AvgIpc) is 2.98. The molecule has 1 aromatic rings. The molecule has 0 saturated carbocycles. The largest absolute Gasteiger partial charge is 0.446 e. The maximum absolute atomic E-state index is 12.2. The summed E-state index contributed by atoms with van der Waals surface area (Å²) in [4.78, 5) is 0.226. The molecule has 0 amide bonds. The Morgan fingerprint density at radius 3 is 2.50 bits per heavy atom. The quantitative estimate of drug-likeness (QED) is 0.857. The number of alkyl halides is 3. The van der Waals surface area contributed by atoms with E-state index >= 15 is 0 Å². The van der Waals surface area contributed by atoms with Crippen LogP contribution in [0.5, 0.6) is 0 Å². The van der Waals surface area contributed by atoms with Crippen LogP contribution in [0.25, 0.3) is 0 Å². The van der Waals surface area contributed by atoms with E-state index in [4.69, 9.17) is 4.74 Å². The van der Waals surface area contributed by atoms with Gasteiger partial charge in [-0.1, -0.05) is 12.1 Å². The van der Waals surface area contributed by atoms with Crippen molar-refractivity contribution in [2.24, 2.45) is 0 Å². The molecular weight excluding hydrogens is 287 g/mol. The Hall–Kier alpha value is -0.720. The van der Waals surface area contributed by atoms with Crippen molar-refractivity contribution in [1.82, 2.24) is 5.32 Å². The molecule has 20 heavy (non-hydrogen) atoms. The van der Waals surface area contributed by atoms with Crippen LogP contribution in [-0.2, 0) is 11.3 Å². The first-order valence-electron chi connectivity index (χ1n) is 6.73. The summed E-state index contributed by atoms with van der Waals surface area (Å²) in [7, 11) is 0. The van der Waals surface area contributed by atoms with E-state index in [-0.39, 0.29) is 16.7 Å². The van der Waals surface area contributed by atoms with Crippen LogP contribution in [-0.4, -0.2) is 23.8 Å². The molecular formula is C14H16F3NOS. The minimum Gasteiger partial charge on any atom is -0.373 e. The van der Waals surface area contributed by atoms with Crippen LogP contribution in [0.2, 0.25) is 0 Å². The van der Waals surface area contributed by atoms with Gasteiger partial charge < -0.3 is 10.1 Å². The van der Waals surface area contributed by atoms with Crippen molar-refractivity contribution in [3.8, 4) is 0 Å². The van der Waals surface area contributed by atoms with Crippen LogP contribution >= 0.6 is 11.8 Å². The molecule has 2 heterocycles. The highest BCUT2D eigenvalue weighted by atomic mass is 32.2. The molecule has 0 aromatic heterocycles. The van der Waals surface area contributed by atoms with Gasteiger partial charge in [-0.15, -0.1) is 0 Å². The summed E-state index contributed by atoms with van der Waals surface area (Å²) in [6.07, 6.45) is 4.05. The molecule has 0 radical (unpaired) electrons. The lowest BCUT2D eigenvalue weighted by Crippen LogP contribution is -2.36. The van der Waals surface area contributed by atoms with Gasteiger partial charge in [-0.25, -0.2) is 0 Å². The van der Waals surface area contributed by atoms with E-state index in [1.165, 1.54) is 12.1 Å². The Morgan fingerprint density at radius 2 is 1.95 bits per heavy atom. The van der Waals surface area contributed by atoms with E-state index in [0.717, 1.165) is 24.8 Å². The summed E-state index contributed by atoms with van der Waals surface area (Å²) >= 11 is -0.0778. The van der Waals surface area contributed by atoms with E-state index in [2.05, 4.69) is 5.32 Å². The molecule has 1 aromatic carbocycles. The second-order valence-corrected chi connectivity index (χ2v) is 6.43. The Bertz CT molecular complexity index is 462. The molecule has 2 saturated heterocycles. The van der Waals surface area contributed by atoms with Gasteiger partial charge in [0.25, 0.3) is 0 Å². The molecule has 2 nitrogen and oxygen atoms in total. The third-order valence-corrected chi connectivity index (χ3v) is 4.57. The fourth-order valence-electron chi connectivity index (χ4n) is 2.91. The van der Waals surface area contributed by atoms with Crippen molar-refractivity contribution in [3.63, 3.8) is 0 Å². The number of rotatable bonds is 4. The van der Waals surface area contributed by atoms with Gasteiger partial charge in [0.15, 0.2) is 0 Å². The number of fused-ring (bicyclic) bond motifs is 2. The van der Waals surface area contributed by atoms with Crippen LogP contribution in [0, 0.1) is 0 Å². The molecule has 2 aliphatic rings. The van der Waals surface area contributed by atoms with Gasteiger partial charge in [-0.2, -0.15) is 13.2 Å². The van der Waals surface area contributed by atoms with Crippen molar-refractivity contribution in [2.75, 3.05) is 0 Å². The van der Waals surface area contributed by atoms with Gasteiger partial charge in [0.2, 0.25) is 0 Å². The molecule has 2 bridgehead atoms. The molecule has 2 fully saturated rings. The van der Waals surface area contributed by atoms with E-state index in [1.807, 2.05) is 0 Å². The van der Waals surface area contributed by atoms with E-state index in [9.17, 15) is 13.2 Å². The second kappa shape index (κ2) is 5.58. The standard InChI is InChI=1S/C14H16F3NOS/c15-14(16,17)20-11-4-1-9(2-5-11)8-18-12-7-10-3-6-13(12)19-10/h1-2,4-5,10,12-13,18H,3,6-8H2. The predicted molar refractivity (Wildman–Crippen MR) is 71.5 cm³/mol. The molecule has 1 N–H and O–H groups in total. The van der Waals surface area contributed by atoms with Crippen molar-refractivity contribution in [3.05, 3.63) is 29.8 Å². The van der Waals surface area contributed by atoms with Crippen molar-refractivity contribution >= 4 is 11.8 Å². The number of benzene rings is 1. The first kappa shape index (κ1) is 14.2. The average molecular weight is 303 g/mol.